The van der Waals surface area contributed by atoms with Gasteiger partial charge in [0, 0.05) is 17.6 Å². The van der Waals surface area contributed by atoms with E-state index in [9.17, 15) is 4.79 Å². The average molecular weight is 297 g/mol. The molecule has 1 aromatic rings. The summed E-state index contributed by atoms with van der Waals surface area (Å²) in [7, 11) is 1.55. The summed E-state index contributed by atoms with van der Waals surface area (Å²) in [5.41, 5.74) is 6.30. The maximum atomic E-state index is 12.7. The van der Waals surface area contributed by atoms with Crippen molar-refractivity contribution in [3.8, 4) is 5.75 Å². The lowest BCUT2D eigenvalue weighted by Crippen LogP contribution is -2.47. The molecule has 2 unspecified atom stereocenters. The number of hydrogen-bond donors (Lipinski definition) is 1. The van der Waals surface area contributed by atoms with Gasteiger partial charge >= 0.3 is 0 Å². The highest BCUT2D eigenvalue weighted by atomic mass is 35.5. The van der Waals surface area contributed by atoms with Crippen molar-refractivity contribution in [2.45, 2.75) is 25.8 Å². The molecule has 5 heteroatoms. The summed E-state index contributed by atoms with van der Waals surface area (Å²) < 4.78 is 5.27. The largest absolute Gasteiger partial charge is 0.496 e. The van der Waals surface area contributed by atoms with Crippen LogP contribution in [-0.2, 0) is 0 Å². The Morgan fingerprint density at radius 2 is 2.25 bits per heavy atom. The fourth-order valence-electron chi connectivity index (χ4n) is 2.65. The first-order valence-electron chi connectivity index (χ1n) is 6.91. The number of halogens is 1. The van der Waals surface area contributed by atoms with E-state index in [1.54, 1.807) is 25.3 Å². The van der Waals surface area contributed by atoms with E-state index in [0.717, 1.165) is 12.8 Å². The normalized spacial score (nSPS) is 22.7. The van der Waals surface area contributed by atoms with Gasteiger partial charge in [0.15, 0.2) is 0 Å². The molecule has 2 N–H and O–H groups in total. The van der Waals surface area contributed by atoms with Crippen LogP contribution in [0, 0.1) is 5.92 Å². The molecule has 0 saturated carbocycles. The molecule has 1 amide bonds. The minimum absolute atomic E-state index is 0.0100. The third-order valence-corrected chi connectivity index (χ3v) is 4.20. The topological polar surface area (TPSA) is 55.6 Å². The molecule has 0 spiro atoms. The van der Waals surface area contributed by atoms with Crippen LogP contribution in [0.4, 0.5) is 0 Å². The maximum Gasteiger partial charge on any atom is 0.257 e. The SMILES string of the molecule is COc1cc(Cl)ccc1C(=O)N1CC(CN)CCC1C. The van der Waals surface area contributed by atoms with Gasteiger partial charge in [-0.15, -0.1) is 0 Å². The molecule has 20 heavy (non-hydrogen) atoms. The molecular weight excluding hydrogens is 276 g/mol. The Labute approximate surface area is 124 Å². The van der Waals surface area contributed by atoms with Crippen molar-refractivity contribution in [3.63, 3.8) is 0 Å². The molecule has 4 nitrogen and oxygen atoms in total. The number of carbonyl (C=O) groups excluding carboxylic acids is 1. The summed E-state index contributed by atoms with van der Waals surface area (Å²) in [6.45, 7) is 3.41. The van der Waals surface area contributed by atoms with Crippen LogP contribution in [0.3, 0.4) is 0 Å². The zero-order chi connectivity index (χ0) is 14.7. The number of benzene rings is 1. The number of nitrogens with two attached hydrogens (primary N) is 1. The van der Waals surface area contributed by atoms with Crippen LogP contribution in [0.5, 0.6) is 5.75 Å². The number of hydrogen-bond acceptors (Lipinski definition) is 3. The Bertz CT molecular complexity index is 493. The Hall–Kier alpha value is -1.26. The van der Waals surface area contributed by atoms with Gasteiger partial charge in [-0.1, -0.05) is 11.6 Å². The van der Waals surface area contributed by atoms with E-state index in [2.05, 4.69) is 6.92 Å². The van der Waals surface area contributed by atoms with Crippen molar-refractivity contribution in [2.75, 3.05) is 20.2 Å². The summed E-state index contributed by atoms with van der Waals surface area (Å²) in [6, 6.07) is 5.34. The molecule has 2 atom stereocenters. The van der Waals surface area contributed by atoms with Crippen LogP contribution in [0.2, 0.25) is 5.02 Å². The quantitative estimate of drug-likeness (QED) is 0.932. The molecule has 2 rings (SSSR count). The lowest BCUT2D eigenvalue weighted by molar-refractivity contribution is 0.0563. The second-order valence-electron chi connectivity index (χ2n) is 5.33. The minimum Gasteiger partial charge on any atom is -0.496 e. The number of amides is 1. The first kappa shape index (κ1) is 15.1. The molecule has 1 heterocycles. The van der Waals surface area contributed by atoms with E-state index < -0.39 is 0 Å². The highest BCUT2D eigenvalue weighted by Crippen LogP contribution is 2.28. The number of rotatable bonds is 3. The van der Waals surface area contributed by atoms with E-state index in [-0.39, 0.29) is 11.9 Å². The smallest absolute Gasteiger partial charge is 0.257 e. The molecule has 1 saturated heterocycles. The third kappa shape index (κ3) is 3.07. The van der Waals surface area contributed by atoms with Crippen molar-refractivity contribution in [2.24, 2.45) is 11.7 Å². The summed E-state index contributed by atoms with van der Waals surface area (Å²) in [4.78, 5) is 14.6. The van der Waals surface area contributed by atoms with Crippen molar-refractivity contribution in [1.82, 2.24) is 4.90 Å². The average Bonchev–Trinajstić information content (AvgIpc) is 2.47. The number of methoxy groups -OCH3 is 1. The van der Waals surface area contributed by atoms with Gasteiger partial charge in [0.25, 0.3) is 5.91 Å². The van der Waals surface area contributed by atoms with E-state index in [1.807, 2.05) is 4.90 Å². The van der Waals surface area contributed by atoms with E-state index in [1.165, 1.54) is 0 Å². The van der Waals surface area contributed by atoms with Crippen molar-refractivity contribution < 1.29 is 9.53 Å². The number of piperidine rings is 1. The summed E-state index contributed by atoms with van der Waals surface area (Å²) in [5, 5.41) is 0.560. The molecule has 0 aliphatic carbocycles. The number of nitrogens with zero attached hydrogens (tertiary/aromatic N) is 1. The van der Waals surface area contributed by atoms with Crippen molar-refractivity contribution >= 4 is 17.5 Å². The summed E-state index contributed by atoms with van der Waals surface area (Å²) in [6.07, 6.45) is 2.07. The number of carbonyl (C=O) groups is 1. The highest BCUT2D eigenvalue weighted by molar-refractivity contribution is 6.30. The number of likely N-dealkylation sites (tertiary alicyclic amines) is 1. The lowest BCUT2D eigenvalue weighted by atomic mass is 9.93. The van der Waals surface area contributed by atoms with Crippen molar-refractivity contribution in [1.29, 1.82) is 0 Å². The molecule has 1 aliphatic rings. The molecule has 1 fully saturated rings. The third-order valence-electron chi connectivity index (χ3n) is 3.97. The molecule has 0 bridgehead atoms. The van der Waals surface area contributed by atoms with Crippen LogP contribution in [0.25, 0.3) is 0 Å². The van der Waals surface area contributed by atoms with Crippen LogP contribution in [0.15, 0.2) is 18.2 Å². The lowest BCUT2D eigenvalue weighted by Gasteiger charge is -2.38. The van der Waals surface area contributed by atoms with Gasteiger partial charge in [-0.25, -0.2) is 0 Å². The zero-order valence-electron chi connectivity index (χ0n) is 11.9. The highest BCUT2D eigenvalue weighted by Gasteiger charge is 2.30. The Morgan fingerprint density at radius 1 is 1.50 bits per heavy atom. The molecule has 1 aliphatic heterocycles. The Kier molecular flexibility index (Phi) is 4.89. The van der Waals surface area contributed by atoms with Gasteiger partial charge in [0.1, 0.15) is 5.75 Å². The summed E-state index contributed by atoms with van der Waals surface area (Å²) >= 11 is 5.94. The fourth-order valence-corrected chi connectivity index (χ4v) is 2.82. The van der Waals surface area contributed by atoms with Gasteiger partial charge in [-0.2, -0.15) is 0 Å². The van der Waals surface area contributed by atoms with Crippen molar-refractivity contribution in [3.05, 3.63) is 28.8 Å². The predicted octanol–water partition coefficient (Wildman–Crippen LogP) is 2.55. The van der Waals surface area contributed by atoms with Crippen LogP contribution in [-0.4, -0.2) is 37.0 Å². The van der Waals surface area contributed by atoms with Crippen LogP contribution < -0.4 is 10.5 Å². The monoisotopic (exact) mass is 296 g/mol. The molecule has 110 valence electrons. The first-order chi connectivity index (χ1) is 9.56. The van der Waals surface area contributed by atoms with Crippen LogP contribution >= 0.6 is 11.6 Å². The molecule has 0 radical (unpaired) electrons. The van der Waals surface area contributed by atoms with E-state index in [0.29, 0.717) is 35.3 Å². The summed E-state index contributed by atoms with van der Waals surface area (Å²) in [5.74, 6) is 0.891. The van der Waals surface area contributed by atoms with Gasteiger partial charge < -0.3 is 15.4 Å². The maximum absolute atomic E-state index is 12.7. The number of ether oxygens (including phenoxy) is 1. The first-order valence-corrected chi connectivity index (χ1v) is 7.29. The minimum atomic E-state index is -0.0100. The molecule has 1 aromatic carbocycles. The Morgan fingerprint density at radius 3 is 2.90 bits per heavy atom. The Balaban J connectivity index is 2.25. The molecule has 0 aromatic heterocycles. The van der Waals surface area contributed by atoms with Gasteiger partial charge in [-0.05, 0) is 50.4 Å². The standard InChI is InChI=1S/C15H21ClN2O2/c1-10-3-4-11(8-17)9-18(10)15(19)13-6-5-12(16)7-14(13)20-2/h5-7,10-11H,3-4,8-9,17H2,1-2H3. The van der Waals surface area contributed by atoms with E-state index >= 15 is 0 Å². The second kappa shape index (κ2) is 6.46. The van der Waals surface area contributed by atoms with Gasteiger partial charge in [-0.3, -0.25) is 4.79 Å². The van der Waals surface area contributed by atoms with Gasteiger partial charge in [0.2, 0.25) is 0 Å². The molecular formula is C15H21ClN2O2. The van der Waals surface area contributed by atoms with Gasteiger partial charge in [0.05, 0.1) is 12.7 Å². The second-order valence-corrected chi connectivity index (χ2v) is 5.77. The van der Waals surface area contributed by atoms with E-state index in [4.69, 9.17) is 22.1 Å². The zero-order valence-corrected chi connectivity index (χ0v) is 12.7. The van der Waals surface area contributed by atoms with Crippen LogP contribution in [0.1, 0.15) is 30.1 Å². The predicted molar refractivity (Wildman–Crippen MR) is 80.3 cm³/mol. The fraction of sp³-hybridized carbons (Fsp3) is 0.533.